The molecule has 1 aliphatic heterocycles. The van der Waals surface area contributed by atoms with E-state index in [0.717, 1.165) is 0 Å². The van der Waals surface area contributed by atoms with Gasteiger partial charge in [0.05, 0.1) is 32.9 Å². The fraction of sp³-hybridized carbons (Fsp3) is 0.604. The Bertz CT molecular complexity index is 2250. The average molecular weight is 1090 g/mol. The first-order valence-electron chi connectivity index (χ1n) is 25.3. The molecule has 0 radical (unpaired) electrons. The van der Waals surface area contributed by atoms with Crippen molar-refractivity contribution < 1.29 is 62.8 Å². The summed E-state index contributed by atoms with van der Waals surface area (Å²) in [4.78, 5) is 126. The van der Waals surface area contributed by atoms with Crippen LogP contribution >= 0.6 is 0 Å². The summed E-state index contributed by atoms with van der Waals surface area (Å²) < 4.78 is 10.8. The largest absolute Gasteiger partial charge is 0.493 e. The number of nitrogens with two attached hydrogens (primary N) is 6. The van der Waals surface area contributed by atoms with Gasteiger partial charge >= 0.3 is 5.97 Å². The highest BCUT2D eigenvalue weighted by molar-refractivity contribution is 6.40. The number of amides is 8. The number of nitrogens with zero attached hydrogens (tertiary/aromatic N) is 2. The van der Waals surface area contributed by atoms with E-state index in [-0.39, 0.29) is 82.8 Å². The first-order valence-corrected chi connectivity index (χ1v) is 25.3. The van der Waals surface area contributed by atoms with Crippen LogP contribution in [0.4, 0.5) is 0 Å². The molecule has 0 aliphatic carbocycles. The molecule has 29 heteroatoms. The summed E-state index contributed by atoms with van der Waals surface area (Å²) >= 11 is 0. The van der Waals surface area contributed by atoms with E-state index in [0.29, 0.717) is 55.7 Å². The molecule has 1 aromatic rings. The zero-order valence-electron chi connectivity index (χ0n) is 44.0. The number of aliphatic hydroxyl groups is 1. The monoisotopic (exact) mass is 1090 g/mol. The molecule has 0 saturated carbocycles. The van der Waals surface area contributed by atoms with Crippen molar-refractivity contribution in [1.29, 1.82) is 5.41 Å². The number of aliphatic imine (C=N–C) groups is 1. The lowest BCUT2D eigenvalue weighted by Gasteiger charge is -2.28. The van der Waals surface area contributed by atoms with Crippen LogP contribution in [0.25, 0.3) is 0 Å². The second-order valence-corrected chi connectivity index (χ2v) is 18.0. The van der Waals surface area contributed by atoms with Gasteiger partial charge in [0.2, 0.25) is 35.4 Å². The molecule has 0 aromatic heterocycles. The zero-order valence-corrected chi connectivity index (χ0v) is 44.0. The van der Waals surface area contributed by atoms with Gasteiger partial charge < -0.3 is 96.2 Å². The summed E-state index contributed by atoms with van der Waals surface area (Å²) in [5.41, 5.74) is 33.5. The second-order valence-electron chi connectivity index (χ2n) is 18.0. The summed E-state index contributed by atoms with van der Waals surface area (Å²) in [6.07, 6.45) is 2.31. The minimum absolute atomic E-state index is 0.0205. The van der Waals surface area contributed by atoms with E-state index >= 15 is 0 Å². The van der Waals surface area contributed by atoms with Crippen LogP contribution in [0.5, 0.6) is 11.5 Å². The molecule has 22 N–H and O–H groups in total. The molecule has 1 heterocycles. The Kier molecular flexibility index (Phi) is 30.0. The lowest BCUT2D eigenvalue weighted by molar-refractivity contribution is -0.137. The van der Waals surface area contributed by atoms with Crippen molar-refractivity contribution >= 4 is 64.9 Å². The van der Waals surface area contributed by atoms with E-state index in [4.69, 9.17) is 49.3 Å². The Morgan fingerprint density at radius 1 is 0.818 bits per heavy atom. The van der Waals surface area contributed by atoms with Crippen molar-refractivity contribution in [2.24, 2.45) is 39.4 Å². The van der Waals surface area contributed by atoms with Gasteiger partial charge in [0.15, 0.2) is 17.5 Å². The van der Waals surface area contributed by atoms with Crippen molar-refractivity contribution in [2.45, 2.75) is 126 Å². The maximum absolute atomic E-state index is 14.4. The fourth-order valence-corrected chi connectivity index (χ4v) is 7.76. The normalized spacial score (nSPS) is 15.8. The van der Waals surface area contributed by atoms with Gasteiger partial charge in [0.25, 0.3) is 11.8 Å². The van der Waals surface area contributed by atoms with Crippen LogP contribution in [0.1, 0.15) is 83.1 Å². The fourth-order valence-electron chi connectivity index (χ4n) is 7.76. The molecule has 1 aliphatic rings. The van der Waals surface area contributed by atoms with E-state index in [9.17, 15) is 53.4 Å². The highest BCUT2D eigenvalue weighted by Gasteiger charge is 2.39. The summed E-state index contributed by atoms with van der Waals surface area (Å²) in [5, 5.41) is 44.9. The van der Waals surface area contributed by atoms with Gasteiger partial charge in [-0.1, -0.05) is 18.6 Å². The predicted octanol–water partition coefficient (Wildman–Crippen LogP) is -5.12. The van der Waals surface area contributed by atoms with Crippen molar-refractivity contribution in [1.82, 2.24) is 42.1 Å². The Labute approximate surface area is 447 Å². The minimum Gasteiger partial charge on any atom is -0.493 e. The Hall–Kier alpha value is -7.31. The van der Waals surface area contributed by atoms with E-state index < -0.39 is 114 Å². The quantitative estimate of drug-likeness (QED) is 0.0131. The number of methoxy groups -OCH3 is 2. The van der Waals surface area contributed by atoms with Gasteiger partial charge in [-0.2, -0.15) is 0 Å². The van der Waals surface area contributed by atoms with Gasteiger partial charge in [-0.25, -0.2) is 9.79 Å². The summed E-state index contributed by atoms with van der Waals surface area (Å²) in [5.74, 6) is -7.96. The smallest absolute Gasteiger partial charge is 0.352 e. The molecule has 7 atom stereocenters. The number of likely N-dealkylation sites (tertiary alicyclic amines) is 1. The van der Waals surface area contributed by atoms with Crippen LogP contribution < -0.4 is 81.1 Å². The lowest BCUT2D eigenvalue weighted by atomic mass is 10.0. The molecular formula is C48H80N16O13. The first-order chi connectivity index (χ1) is 36.7. The highest BCUT2D eigenvalue weighted by atomic mass is 16.5. The van der Waals surface area contributed by atoms with Crippen LogP contribution in [-0.2, 0) is 49.6 Å². The molecule has 2 rings (SSSR count). The topological polar surface area (TPSA) is 492 Å². The van der Waals surface area contributed by atoms with Crippen LogP contribution in [0.2, 0.25) is 0 Å². The van der Waals surface area contributed by atoms with E-state index in [1.54, 1.807) is 18.2 Å². The molecule has 29 nitrogen and oxygen atoms in total. The van der Waals surface area contributed by atoms with Crippen molar-refractivity contribution in [3.63, 3.8) is 0 Å². The van der Waals surface area contributed by atoms with Gasteiger partial charge in [0.1, 0.15) is 41.6 Å². The number of benzene rings is 1. The van der Waals surface area contributed by atoms with Crippen molar-refractivity contribution in [3.8, 4) is 11.5 Å². The molecule has 430 valence electrons. The molecule has 1 fully saturated rings. The van der Waals surface area contributed by atoms with Crippen LogP contribution in [0.3, 0.4) is 0 Å². The van der Waals surface area contributed by atoms with Gasteiger partial charge in [-0.05, 0) is 108 Å². The minimum atomic E-state index is -1.58. The zero-order chi connectivity index (χ0) is 57.6. The molecular weight excluding hydrogens is 1010 g/mol. The van der Waals surface area contributed by atoms with Crippen LogP contribution in [0.15, 0.2) is 35.0 Å². The third kappa shape index (κ3) is 22.8. The number of aliphatic hydroxyl groups excluding tert-OH is 1. The SMILES string of the molecule is COc1ccc(C[C@H](NC(=O)[C@@H]2CCCN2C(=O)/C(CCCN)=N/C(=O)CNC(=O)[C@H](C)NC(=O)[C@@H](NC(=O)[C@@H](N)CCCCN)[C@@H](O)CN)C(=O)N[C@@H](CCCCN)C(=O)N/C(=C\CCNC(=N)N)C(=O)O)cc1OC. The average Bonchev–Trinajstić information content (AvgIpc) is 3.90. The van der Waals surface area contributed by atoms with Gasteiger partial charge in [-0.15, -0.1) is 0 Å². The van der Waals surface area contributed by atoms with E-state index in [1.165, 1.54) is 32.1 Å². The number of guanidine groups is 1. The van der Waals surface area contributed by atoms with Crippen LogP contribution in [0, 0.1) is 5.41 Å². The number of nitrogens with one attached hydrogen (secondary N) is 8. The molecule has 8 amide bonds. The Morgan fingerprint density at radius 3 is 2.09 bits per heavy atom. The van der Waals surface area contributed by atoms with Gasteiger partial charge in [-0.3, -0.25) is 43.8 Å². The number of carboxylic acids is 1. The molecule has 0 bridgehead atoms. The van der Waals surface area contributed by atoms with E-state index in [2.05, 4.69) is 42.2 Å². The van der Waals surface area contributed by atoms with E-state index in [1.807, 2.05) is 0 Å². The number of rotatable bonds is 35. The van der Waals surface area contributed by atoms with Crippen LogP contribution in [-0.4, -0.2) is 182 Å². The number of carbonyl (C=O) groups is 9. The molecule has 77 heavy (non-hydrogen) atoms. The maximum atomic E-state index is 14.4. The first kappa shape index (κ1) is 65.8. The predicted molar refractivity (Wildman–Crippen MR) is 282 cm³/mol. The maximum Gasteiger partial charge on any atom is 0.352 e. The highest BCUT2D eigenvalue weighted by Crippen LogP contribution is 2.28. The summed E-state index contributed by atoms with van der Waals surface area (Å²) in [6.45, 7) is 0.977. The standard InChI is InChI=1S/C48H80N16O13/c1-27(58-45(72)39(35(65)25-52)63-41(68)29(53)11-4-6-18-49)40(67)57-26-38(66)59-31(13-8-20-51)46(73)64-22-10-15-34(64)44(71)62-33(23-28-16-17-36(76-2)37(24-28)77-3)43(70)60-30(12-5-7-19-50)42(69)61-32(47(74)75)14-9-21-56-48(54)55/h14,16-17,24,27,29-30,33-35,39,65H,4-13,15,18-23,25-26,49-53H2,1-3H3,(H,57,67)(H,58,72)(H,60,70)(H,61,69)(H,62,71)(H,63,68)(H,74,75)(H4,54,55,56)/b32-14-,59-31+/t27-,29-,30-,33-,34-,35-,39-/m0/s1. The Morgan fingerprint density at radius 2 is 1.48 bits per heavy atom. The third-order valence-electron chi connectivity index (χ3n) is 12.0. The van der Waals surface area contributed by atoms with Crippen molar-refractivity contribution in [3.05, 3.63) is 35.5 Å². The lowest BCUT2D eigenvalue weighted by Crippen LogP contribution is -2.60. The third-order valence-corrected chi connectivity index (χ3v) is 12.0. The second kappa shape index (κ2) is 35.1. The number of ether oxygens (including phenoxy) is 2. The number of unbranched alkanes of at least 4 members (excludes halogenated alkanes) is 2. The summed E-state index contributed by atoms with van der Waals surface area (Å²) in [6, 6.07) is -3.04. The van der Waals surface area contributed by atoms with Crippen molar-refractivity contribution in [2.75, 3.05) is 60.0 Å². The Balaban J connectivity index is 2.37. The number of hydrogen-bond acceptors (Lipinski definition) is 18. The number of hydrogen-bond donors (Lipinski definition) is 16. The molecule has 0 spiro atoms. The number of carbonyl (C=O) groups excluding carboxylic acids is 8. The number of aliphatic carboxylic acids is 1. The molecule has 0 unspecified atom stereocenters. The van der Waals surface area contributed by atoms with Gasteiger partial charge in [0, 0.05) is 26.1 Å². The summed E-state index contributed by atoms with van der Waals surface area (Å²) in [7, 11) is 2.84. The molecule has 1 aromatic carbocycles. The molecule has 1 saturated heterocycles. The number of carboxylic acid groups (broad SMARTS) is 1.